The van der Waals surface area contributed by atoms with Crippen LogP contribution < -0.4 is 5.32 Å². The Hall–Kier alpha value is -0.880. The molecule has 0 bridgehead atoms. The zero-order valence-electron chi connectivity index (χ0n) is 8.08. The van der Waals surface area contributed by atoms with Gasteiger partial charge in [-0.15, -0.1) is 11.3 Å². The Labute approximate surface area is 99.8 Å². The topological polar surface area (TPSA) is 55.4 Å². The van der Waals surface area contributed by atoms with E-state index < -0.39 is 5.97 Å². The fraction of sp³-hybridized carbons (Fsp3) is 0.333. The highest BCUT2D eigenvalue weighted by molar-refractivity contribution is 9.08. The van der Waals surface area contributed by atoms with Gasteiger partial charge in [-0.25, -0.2) is 0 Å². The minimum absolute atomic E-state index is 0.100. The van der Waals surface area contributed by atoms with Crippen molar-refractivity contribution in [1.82, 2.24) is 5.32 Å². The summed E-state index contributed by atoms with van der Waals surface area (Å²) in [6, 6.07) is 3.60. The highest BCUT2D eigenvalue weighted by atomic mass is 79.9. The molecule has 0 aliphatic rings. The second kappa shape index (κ2) is 5.87. The largest absolute Gasteiger partial charge is 0.468 e. The van der Waals surface area contributed by atoms with Gasteiger partial charge in [0.15, 0.2) is 0 Å². The van der Waals surface area contributed by atoms with Crippen molar-refractivity contribution >= 4 is 39.1 Å². The first-order chi connectivity index (χ1) is 7.17. The van der Waals surface area contributed by atoms with Crippen LogP contribution in [0.25, 0.3) is 0 Å². The van der Waals surface area contributed by atoms with Gasteiger partial charge in [-0.2, -0.15) is 0 Å². The molecule has 0 fully saturated rings. The number of hydrogen-bond donors (Lipinski definition) is 1. The Kier molecular flexibility index (Phi) is 4.77. The predicted molar refractivity (Wildman–Crippen MR) is 61.3 cm³/mol. The molecule has 15 heavy (non-hydrogen) atoms. The number of nitrogens with one attached hydrogen (secondary N) is 1. The fourth-order valence-corrected chi connectivity index (χ4v) is 2.19. The lowest BCUT2D eigenvalue weighted by molar-refractivity contribution is -0.139. The number of alkyl halides is 1. The van der Waals surface area contributed by atoms with Gasteiger partial charge in [0, 0.05) is 10.2 Å². The van der Waals surface area contributed by atoms with E-state index in [2.05, 4.69) is 26.0 Å². The number of carbonyl (C=O) groups excluding carboxylic acids is 2. The highest BCUT2D eigenvalue weighted by Crippen LogP contribution is 2.18. The summed E-state index contributed by atoms with van der Waals surface area (Å²) < 4.78 is 4.41. The minimum atomic E-state index is -0.458. The molecule has 0 unspecified atom stereocenters. The number of carbonyl (C=O) groups is 2. The molecule has 1 N–H and O–H groups in total. The van der Waals surface area contributed by atoms with Gasteiger partial charge in [-0.3, -0.25) is 9.59 Å². The van der Waals surface area contributed by atoms with Gasteiger partial charge in [0.05, 0.1) is 12.0 Å². The molecule has 1 amide bonds. The first-order valence-corrected chi connectivity index (χ1v) is 6.11. The first kappa shape index (κ1) is 12.2. The lowest BCUT2D eigenvalue weighted by Crippen LogP contribution is -2.29. The van der Waals surface area contributed by atoms with Gasteiger partial charge in [0.2, 0.25) is 0 Å². The van der Waals surface area contributed by atoms with Crippen molar-refractivity contribution in [3.63, 3.8) is 0 Å². The summed E-state index contributed by atoms with van der Waals surface area (Å²) in [5, 5.41) is 3.19. The number of rotatable bonds is 4. The molecule has 0 spiro atoms. The van der Waals surface area contributed by atoms with Crippen LogP contribution in [-0.4, -0.2) is 25.5 Å². The van der Waals surface area contributed by atoms with Crippen LogP contribution in [0.5, 0.6) is 0 Å². The predicted octanol–water partition coefficient (Wildman–Crippen LogP) is 1.55. The van der Waals surface area contributed by atoms with Crippen molar-refractivity contribution in [2.24, 2.45) is 0 Å². The monoisotopic (exact) mass is 291 g/mol. The highest BCUT2D eigenvalue weighted by Gasteiger charge is 2.10. The molecule has 0 aromatic carbocycles. The van der Waals surface area contributed by atoms with Crippen LogP contribution in [0, 0.1) is 0 Å². The molecule has 6 heteroatoms. The van der Waals surface area contributed by atoms with Gasteiger partial charge >= 0.3 is 5.97 Å². The molecule has 1 aromatic heterocycles. The van der Waals surface area contributed by atoms with Crippen molar-refractivity contribution < 1.29 is 14.3 Å². The summed E-state index contributed by atoms with van der Waals surface area (Å²) in [6.45, 7) is -0.100. The van der Waals surface area contributed by atoms with Crippen LogP contribution in [0.3, 0.4) is 0 Å². The zero-order chi connectivity index (χ0) is 11.3. The van der Waals surface area contributed by atoms with E-state index in [1.807, 2.05) is 6.07 Å². The summed E-state index contributed by atoms with van der Waals surface area (Å²) in [7, 11) is 1.28. The van der Waals surface area contributed by atoms with E-state index in [1.165, 1.54) is 18.4 Å². The normalized spacial score (nSPS) is 9.73. The Balaban J connectivity index is 2.50. The quantitative estimate of drug-likeness (QED) is 0.676. The Morgan fingerprint density at radius 1 is 1.53 bits per heavy atom. The summed E-state index contributed by atoms with van der Waals surface area (Å²) in [4.78, 5) is 23.9. The maximum atomic E-state index is 11.5. The van der Waals surface area contributed by atoms with Crippen LogP contribution in [0.1, 0.15) is 14.5 Å². The second-order valence-corrected chi connectivity index (χ2v) is 4.39. The van der Waals surface area contributed by atoms with E-state index in [-0.39, 0.29) is 12.5 Å². The van der Waals surface area contributed by atoms with Gasteiger partial charge in [0.25, 0.3) is 5.91 Å². The minimum Gasteiger partial charge on any atom is -0.468 e. The summed E-state index contributed by atoms with van der Waals surface area (Å²) in [5.74, 6) is -0.710. The molecular weight excluding hydrogens is 282 g/mol. The van der Waals surface area contributed by atoms with Crippen LogP contribution in [0.2, 0.25) is 0 Å². The van der Waals surface area contributed by atoms with Crippen LogP contribution in [0.4, 0.5) is 0 Å². The van der Waals surface area contributed by atoms with E-state index in [0.29, 0.717) is 4.88 Å². The standard InChI is InChI=1S/C9H10BrNO3S/c1-14-8(12)5-11-9(13)7-3-2-6(4-10)15-7/h2-3H,4-5H2,1H3,(H,11,13). The summed E-state index contributed by atoms with van der Waals surface area (Å²) in [6.07, 6.45) is 0. The fourth-order valence-electron chi connectivity index (χ4n) is 0.883. The maximum Gasteiger partial charge on any atom is 0.325 e. The average molecular weight is 292 g/mol. The number of halogens is 1. The lowest BCUT2D eigenvalue weighted by atomic mass is 10.4. The molecule has 1 aromatic rings. The van der Waals surface area contributed by atoms with Crippen molar-refractivity contribution in [2.45, 2.75) is 5.33 Å². The van der Waals surface area contributed by atoms with Crippen LogP contribution in [0.15, 0.2) is 12.1 Å². The molecule has 0 atom stereocenters. The smallest absolute Gasteiger partial charge is 0.325 e. The Bertz CT molecular complexity index is 364. The van der Waals surface area contributed by atoms with E-state index in [0.717, 1.165) is 10.2 Å². The number of amides is 1. The number of hydrogen-bond acceptors (Lipinski definition) is 4. The third-order valence-electron chi connectivity index (χ3n) is 1.64. The molecule has 0 saturated carbocycles. The lowest BCUT2D eigenvalue weighted by Gasteiger charge is -2.00. The van der Waals surface area contributed by atoms with Crippen LogP contribution in [-0.2, 0) is 14.9 Å². The Morgan fingerprint density at radius 2 is 2.27 bits per heavy atom. The molecular formula is C9H10BrNO3S. The first-order valence-electron chi connectivity index (χ1n) is 4.17. The molecule has 4 nitrogen and oxygen atoms in total. The summed E-state index contributed by atoms with van der Waals surface area (Å²) in [5.41, 5.74) is 0. The third kappa shape index (κ3) is 3.64. The van der Waals surface area contributed by atoms with Crippen molar-refractivity contribution in [3.8, 4) is 0 Å². The van der Waals surface area contributed by atoms with Crippen molar-refractivity contribution in [3.05, 3.63) is 21.9 Å². The van der Waals surface area contributed by atoms with Gasteiger partial charge in [-0.1, -0.05) is 15.9 Å². The second-order valence-electron chi connectivity index (χ2n) is 2.66. The molecule has 82 valence electrons. The molecule has 0 aliphatic heterocycles. The van der Waals surface area contributed by atoms with Crippen LogP contribution >= 0.6 is 27.3 Å². The van der Waals surface area contributed by atoms with Crippen molar-refractivity contribution in [1.29, 1.82) is 0 Å². The van der Waals surface area contributed by atoms with E-state index in [1.54, 1.807) is 6.07 Å². The number of thiophene rings is 1. The molecule has 1 heterocycles. The Morgan fingerprint density at radius 3 is 2.80 bits per heavy atom. The maximum absolute atomic E-state index is 11.5. The SMILES string of the molecule is COC(=O)CNC(=O)c1ccc(CBr)s1. The molecule has 0 aliphatic carbocycles. The van der Waals surface area contributed by atoms with E-state index >= 15 is 0 Å². The summed E-state index contributed by atoms with van der Waals surface area (Å²) >= 11 is 4.69. The van der Waals surface area contributed by atoms with E-state index in [4.69, 9.17) is 0 Å². The number of esters is 1. The average Bonchev–Trinajstić information content (AvgIpc) is 2.73. The van der Waals surface area contributed by atoms with Gasteiger partial charge < -0.3 is 10.1 Å². The van der Waals surface area contributed by atoms with E-state index in [9.17, 15) is 9.59 Å². The van der Waals surface area contributed by atoms with Gasteiger partial charge in [0.1, 0.15) is 6.54 Å². The van der Waals surface area contributed by atoms with Gasteiger partial charge in [-0.05, 0) is 12.1 Å². The van der Waals surface area contributed by atoms with Crippen molar-refractivity contribution in [2.75, 3.05) is 13.7 Å². The molecule has 0 radical (unpaired) electrons. The zero-order valence-corrected chi connectivity index (χ0v) is 10.5. The number of ether oxygens (including phenoxy) is 1. The third-order valence-corrected chi connectivity index (χ3v) is 3.70. The molecule has 0 saturated heterocycles. The number of methoxy groups -OCH3 is 1. The molecule has 1 rings (SSSR count).